The molecule has 118 valence electrons. The van der Waals surface area contributed by atoms with Crippen molar-refractivity contribution in [2.45, 2.75) is 77.5 Å². The Hall–Kier alpha value is -0.870. The molecule has 2 atom stereocenters. The quantitative estimate of drug-likeness (QED) is 0.903. The van der Waals surface area contributed by atoms with Crippen LogP contribution >= 0.6 is 0 Å². The molecular weight excluding hydrogens is 262 g/mol. The van der Waals surface area contributed by atoms with E-state index in [0.717, 1.165) is 36.5 Å². The Morgan fingerprint density at radius 1 is 1.29 bits per heavy atom. The first-order valence-corrected chi connectivity index (χ1v) is 8.64. The highest BCUT2D eigenvalue weighted by atomic mass is 16.5. The maximum absolute atomic E-state index is 5.55. The summed E-state index contributed by atoms with van der Waals surface area (Å²) in [6, 6.07) is 3.40. The molecule has 1 aromatic rings. The second-order valence-electron chi connectivity index (χ2n) is 7.04. The van der Waals surface area contributed by atoms with Crippen molar-refractivity contribution < 1.29 is 4.52 Å². The summed E-state index contributed by atoms with van der Waals surface area (Å²) < 4.78 is 5.55. The normalized spacial score (nSPS) is 27.0. The molecule has 4 nitrogen and oxygen atoms in total. The maximum atomic E-state index is 5.55. The molecule has 1 saturated heterocycles. The van der Waals surface area contributed by atoms with Crippen LogP contribution < -0.4 is 5.32 Å². The maximum Gasteiger partial charge on any atom is 0.151 e. The first-order valence-electron chi connectivity index (χ1n) is 8.64. The zero-order valence-electron chi connectivity index (χ0n) is 13.5. The summed E-state index contributed by atoms with van der Waals surface area (Å²) in [4.78, 5) is 2.65. The third-order valence-corrected chi connectivity index (χ3v) is 5.02. The molecule has 3 rings (SSSR count). The van der Waals surface area contributed by atoms with E-state index in [1.807, 2.05) is 0 Å². The van der Waals surface area contributed by atoms with Crippen LogP contribution in [-0.2, 0) is 13.1 Å². The van der Waals surface area contributed by atoms with Crippen molar-refractivity contribution in [3.05, 3.63) is 17.5 Å². The lowest BCUT2D eigenvalue weighted by atomic mass is 9.78. The van der Waals surface area contributed by atoms with Crippen LogP contribution in [0.5, 0.6) is 0 Å². The van der Waals surface area contributed by atoms with Crippen LogP contribution in [0.4, 0.5) is 0 Å². The molecule has 0 radical (unpaired) electrons. The minimum Gasteiger partial charge on any atom is -0.360 e. The lowest BCUT2D eigenvalue weighted by Crippen LogP contribution is -2.46. The van der Waals surface area contributed by atoms with Crippen molar-refractivity contribution in [1.82, 2.24) is 15.4 Å². The molecule has 2 heterocycles. The van der Waals surface area contributed by atoms with E-state index in [0.29, 0.717) is 6.04 Å². The fourth-order valence-electron chi connectivity index (χ4n) is 3.95. The Labute approximate surface area is 128 Å². The molecule has 2 aliphatic rings. The average molecular weight is 291 g/mol. The predicted octanol–water partition coefficient (Wildman–Crippen LogP) is 3.33. The van der Waals surface area contributed by atoms with Gasteiger partial charge in [0, 0.05) is 24.7 Å². The van der Waals surface area contributed by atoms with Crippen LogP contribution in [0.25, 0.3) is 0 Å². The summed E-state index contributed by atoms with van der Waals surface area (Å²) in [7, 11) is 0. The predicted molar refractivity (Wildman–Crippen MR) is 83.9 cm³/mol. The van der Waals surface area contributed by atoms with Gasteiger partial charge in [-0.15, -0.1) is 0 Å². The monoisotopic (exact) mass is 291 g/mol. The van der Waals surface area contributed by atoms with E-state index in [-0.39, 0.29) is 0 Å². The smallest absolute Gasteiger partial charge is 0.151 e. The average Bonchev–Trinajstić information content (AvgIpc) is 2.93. The highest BCUT2D eigenvalue weighted by Crippen LogP contribution is 2.35. The highest BCUT2D eigenvalue weighted by molar-refractivity contribution is 5.06. The Morgan fingerprint density at radius 2 is 2.10 bits per heavy atom. The largest absolute Gasteiger partial charge is 0.360 e. The van der Waals surface area contributed by atoms with Crippen LogP contribution in [0.1, 0.15) is 63.8 Å². The van der Waals surface area contributed by atoms with E-state index in [1.165, 1.54) is 45.1 Å². The van der Waals surface area contributed by atoms with Crippen molar-refractivity contribution in [3.8, 4) is 0 Å². The van der Waals surface area contributed by atoms with Crippen LogP contribution in [-0.4, -0.2) is 28.7 Å². The number of fused-ring (bicyclic) bond motifs is 1. The number of aromatic nitrogens is 1. The molecular formula is C17H29N3O. The lowest BCUT2D eigenvalue weighted by Gasteiger charge is -2.43. The van der Waals surface area contributed by atoms with E-state index < -0.39 is 0 Å². The SMILES string of the molecule is CC(C)NCc1cc(CN2CCCC3CCCCC32)on1. The topological polar surface area (TPSA) is 41.3 Å². The zero-order valence-corrected chi connectivity index (χ0v) is 13.5. The van der Waals surface area contributed by atoms with Crippen LogP contribution in [0.3, 0.4) is 0 Å². The number of hydrogen-bond acceptors (Lipinski definition) is 4. The molecule has 21 heavy (non-hydrogen) atoms. The molecule has 4 heteroatoms. The molecule has 0 bridgehead atoms. The number of piperidine rings is 1. The minimum absolute atomic E-state index is 0.482. The molecule has 0 amide bonds. The number of nitrogens with zero attached hydrogens (tertiary/aromatic N) is 2. The van der Waals surface area contributed by atoms with E-state index >= 15 is 0 Å². The first kappa shape index (κ1) is 15.0. The van der Waals surface area contributed by atoms with Crippen LogP contribution in [0.15, 0.2) is 10.6 Å². The third kappa shape index (κ3) is 3.86. The van der Waals surface area contributed by atoms with Crippen molar-refractivity contribution >= 4 is 0 Å². The molecule has 1 aliphatic carbocycles. The summed E-state index contributed by atoms with van der Waals surface area (Å²) in [6.07, 6.45) is 8.42. The van der Waals surface area contributed by atoms with Gasteiger partial charge in [0.25, 0.3) is 0 Å². The van der Waals surface area contributed by atoms with Crippen molar-refractivity contribution in [2.24, 2.45) is 5.92 Å². The Balaban J connectivity index is 1.57. The molecule has 1 aliphatic heterocycles. The summed E-state index contributed by atoms with van der Waals surface area (Å²) >= 11 is 0. The third-order valence-electron chi connectivity index (χ3n) is 5.02. The molecule has 2 unspecified atom stereocenters. The van der Waals surface area contributed by atoms with Gasteiger partial charge in [-0.1, -0.05) is 31.8 Å². The lowest BCUT2D eigenvalue weighted by molar-refractivity contribution is 0.0479. The van der Waals surface area contributed by atoms with Gasteiger partial charge in [0.15, 0.2) is 5.76 Å². The Morgan fingerprint density at radius 3 is 2.95 bits per heavy atom. The fourth-order valence-corrected chi connectivity index (χ4v) is 3.95. The molecule has 0 aromatic carbocycles. The first-order chi connectivity index (χ1) is 10.2. The summed E-state index contributed by atoms with van der Waals surface area (Å²) in [6.45, 7) is 7.26. The second-order valence-corrected chi connectivity index (χ2v) is 7.04. The minimum atomic E-state index is 0.482. The van der Waals surface area contributed by atoms with Crippen molar-refractivity contribution in [3.63, 3.8) is 0 Å². The number of likely N-dealkylation sites (tertiary alicyclic amines) is 1. The standard InChI is InChI=1S/C17H29N3O/c1-13(2)18-11-15-10-16(21-19-15)12-20-9-5-7-14-6-3-4-8-17(14)20/h10,13-14,17-18H,3-9,11-12H2,1-2H3. The van der Waals surface area contributed by atoms with Crippen LogP contribution in [0, 0.1) is 5.92 Å². The van der Waals surface area contributed by atoms with Gasteiger partial charge in [-0.05, 0) is 38.1 Å². The Bertz CT molecular complexity index is 441. The van der Waals surface area contributed by atoms with E-state index in [2.05, 4.69) is 35.3 Å². The zero-order chi connectivity index (χ0) is 14.7. The summed E-state index contributed by atoms with van der Waals surface area (Å²) in [5, 5.41) is 7.58. The number of hydrogen-bond donors (Lipinski definition) is 1. The van der Waals surface area contributed by atoms with Crippen LogP contribution in [0.2, 0.25) is 0 Å². The summed E-state index contributed by atoms with van der Waals surface area (Å²) in [5.74, 6) is 1.96. The van der Waals surface area contributed by atoms with Gasteiger partial charge in [0.05, 0.1) is 12.2 Å². The van der Waals surface area contributed by atoms with Crippen molar-refractivity contribution in [1.29, 1.82) is 0 Å². The van der Waals surface area contributed by atoms with Gasteiger partial charge in [-0.3, -0.25) is 4.90 Å². The van der Waals surface area contributed by atoms with E-state index in [4.69, 9.17) is 4.52 Å². The Kier molecular flexibility index (Phi) is 4.96. The molecule has 1 N–H and O–H groups in total. The van der Waals surface area contributed by atoms with Crippen molar-refractivity contribution in [2.75, 3.05) is 6.54 Å². The van der Waals surface area contributed by atoms with Gasteiger partial charge >= 0.3 is 0 Å². The molecule has 2 fully saturated rings. The molecule has 0 spiro atoms. The van der Waals surface area contributed by atoms with E-state index in [9.17, 15) is 0 Å². The van der Waals surface area contributed by atoms with Gasteiger partial charge in [0.1, 0.15) is 0 Å². The number of nitrogens with one attached hydrogen (secondary N) is 1. The van der Waals surface area contributed by atoms with Gasteiger partial charge in [0.2, 0.25) is 0 Å². The molecule has 1 saturated carbocycles. The summed E-state index contributed by atoms with van der Waals surface area (Å²) in [5.41, 5.74) is 1.02. The molecule has 1 aromatic heterocycles. The van der Waals surface area contributed by atoms with Gasteiger partial charge in [-0.25, -0.2) is 0 Å². The van der Waals surface area contributed by atoms with Gasteiger partial charge < -0.3 is 9.84 Å². The van der Waals surface area contributed by atoms with E-state index in [1.54, 1.807) is 0 Å². The van der Waals surface area contributed by atoms with Gasteiger partial charge in [-0.2, -0.15) is 0 Å². The second kappa shape index (κ2) is 6.93. The fraction of sp³-hybridized carbons (Fsp3) is 0.824. The highest BCUT2D eigenvalue weighted by Gasteiger charge is 2.33. The number of rotatable bonds is 5.